The first-order chi connectivity index (χ1) is 9.56. The van der Waals surface area contributed by atoms with Crippen LogP contribution in [0.4, 0.5) is 0 Å². The Labute approximate surface area is 126 Å². The lowest BCUT2D eigenvalue weighted by molar-refractivity contribution is -0.120. The standard InChI is InChI=1S/C15H17BrN2O2/c1-10-14(11(2)20-18-10)7-8-17-15(19)9-12-3-5-13(16)6-4-12/h3-6H,7-9H2,1-2H3,(H,17,19). The smallest absolute Gasteiger partial charge is 0.224 e. The number of carbonyl (C=O) groups is 1. The first-order valence-corrected chi connectivity index (χ1v) is 7.28. The second kappa shape index (κ2) is 6.70. The Hall–Kier alpha value is -1.62. The zero-order valence-electron chi connectivity index (χ0n) is 11.6. The monoisotopic (exact) mass is 336 g/mol. The van der Waals surface area contributed by atoms with Crippen LogP contribution in [0.3, 0.4) is 0 Å². The second-order valence-corrected chi connectivity index (χ2v) is 5.62. The minimum Gasteiger partial charge on any atom is -0.361 e. The molecule has 0 radical (unpaired) electrons. The number of nitrogens with one attached hydrogen (secondary N) is 1. The van der Waals surface area contributed by atoms with Crippen LogP contribution < -0.4 is 5.32 Å². The molecule has 1 amide bonds. The fourth-order valence-electron chi connectivity index (χ4n) is 2.04. The molecule has 1 N–H and O–H groups in total. The van der Waals surface area contributed by atoms with E-state index < -0.39 is 0 Å². The van der Waals surface area contributed by atoms with Crippen LogP contribution in [0.25, 0.3) is 0 Å². The average molecular weight is 337 g/mol. The molecule has 0 atom stereocenters. The Morgan fingerprint density at radius 3 is 2.60 bits per heavy atom. The summed E-state index contributed by atoms with van der Waals surface area (Å²) in [5, 5.41) is 6.82. The van der Waals surface area contributed by atoms with Crippen LogP contribution >= 0.6 is 15.9 Å². The molecule has 1 heterocycles. The summed E-state index contributed by atoms with van der Waals surface area (Å²) in [7, 11) is 0. The van der Waals surface area contributed by atoms with Crippen molar-refractivity contribution in [3.8, 4) is 0 Å². The van der Waals surface area contributed by atoms with Crippen LogP contribution in [0.15, 0.2) is 33.3 Å². The number of aromatic nitrogens is 1. The van der Waals surface area contributed by atoms with Crippen molar-refractivity contribution in [2.75, 3.05) is 6.54 Å². The van der Waals surface area contributed by atoms with Crippen molar-refractivity contribution in [3.63, 3.8) is 0 Å². The highest BCUT2D eigenvalue weighted by molar-refractivity contribution is 9.10. The van der Waals surface area contributed by atoms with Crippen LogP contribution in [0.5, 0.6) is 0 Å². The summed E-state index contributed by atoms with van der Waals surface area (Å²) in [5.41, 5.74) is 2.97. The van der Waals surface area contributed by atoms with Gasteiger partial charge >= 0.3 is 0 Å². The molecule has 5 heteroatoms. The molecule has 1 aromatic heterocycles. The molecule has 0 saturated heterocycles. The highest BCUT2D eigenvalue weighted by Crippen LogP contribution is 2.12. The van der Waals surface area contributed by atoms with Gasteiger partial charge in [-0.05, 0) is 38.0 Å². The lowest BCUT2D eigenvalue weighted by Gasteiger charge is -2.05. The first-order valence-electron chi connectivity index (χ1n) is 6.49. The van der Waals surface area contributed by atoms with Gasteiger partial charge in [-0.15, -0.1) is 0 Å². The molecule has 2 rings (SSSR count). The Kier molecular flexibility index (Phi) is 4.95. The van der Waals surface area contributed by atoms with Gasteiger partial charge in [0.2, 0.25) is 5.91 Å². The van der Waals surface area contributed by atoms with Gasteiger partial charge in [-0.1, -0.05) is 33.2 Å². The molecule has 0 bridgehead atoms. The predicted molar refractivity (Wildman–Crippen MR) is 80.5 cm³/mol. The fraction of sp³-hybridized carbons (Fsp3) is 0.333. The third-order valence-electron chi connectivity index (χ3n) is 3.16. The van der Waals surface area contributed by atoms with Crippen molar-refractivity contribution >= 4 is 21.8 Å². The Bertz CT molecular complexity index is 571. The molecular formula is C15H17BrN2O2. The van der Waals surface area contributed by atoms with Gasteiger partial charge in [0, 0.05) is 16.6 Å². The van der Waals surface area contributed by atoms with Gasteiger partial charge in [-0.25, -0.2) is 0 Å². The number of aryl methyl sites for hydroxylation is 2. The fourth-order valence-corrected chi connectivity index (χ4v) is 2.30. The largest absolute Gasteiger partial charge is 0.361 e. The van der Waals surface area contributed by atoms with E-state index in [-0.39, 0.29) is 5.91 Å². The number of rotatable bonds is 5. The summed E-state index contributed by atoms with van der Waals surface area (Å²) in [6.45, 7) is 4.40. The van der Waals surface area contributed by atoms with E-state index in [1.54, 1.807) is 0 Å². The molecule has 2 aromatic rings. The van der Waals surface area contributed by atoms with E-state index in [0.717, 1.165) is 33.5 Å². The minimum atomic E-state index is 0.0269. The van der Waals surface area contributed by atoms with E-state index in [9.17, 15) is 4.79 Å². The highest BCUT2D eigenvalue weighted by Gasteiger charge is 2.09. The van der Waals surface area contributed by atoms with Gasteiger partial charge in [0.05, 0.1) is 12.1 Å². The summed E-state index contributed by atoms with van der Waals surface area (Å²) < 4.78 is 6.11. The van der Waals surface area contributed by atoms with Gasteiger partial charge in [-0.2, -0.15) is 0 Å². The number of nitrogens with zero attached hydrogens (tertiary/aromatic N) is 1. The molecule has 0 aliphatic carbocycles. The van der Waals surface area contributed by atoms with Crippen molar-refractivity contribution in [1.82, 2.24) is 10.5 Å². The molecular weight excluding hydrogens is 320 g/mol. The molecule has 20 heavy (non-hydrogen) atoms. The number of carbonyl (C=O) groups excluding carboxylic acids is 1. The van der Waals surface area contributed by atoms with Gasteiger partial charge in [0.25, 0.3) is 0 Å². The molecule has 106 valence electrons. The summed E-state index contributed by atoms with van der Waals surface area (Å²) in [6, 6.07) is 7.76. The minimum absolute atomic E-state index is 0.0269. The molecule has 0 spiro atoms. The molecule has 1 aromatic carbocycles. The third-order valence-corrected chi connectivity index (χ3v) is 3.68. The van der Waals surface area contributed by atoms with E-state index in [1.807, 2.05) is 38.1 Å². The Balaban J connectivity index is 1.79. The van der Waals surface area contributed by atoms with Crippen LogP contribution in [0, 0.1) is 13.8 Å². The molecule has 4 nitrogen and oxygen atoms in total. The molecule has 0 unspecified atom stereocenters. The maximum absolute atomic E-state index is 11.8. The van der Waals surface area contributed by atoms with Gasteiger partial charge < -0.3 is 9.84 Å². The number of hydrogen-bond acceptors (Lipinski definition) is 3. The predicted octanol–water partition coefficient (Wildman–Crippen LogP) is 2.96. The summed E-state index contributed by atoms with van der Waals surface area (Å²) in [6.07, 6.45) is 1.14. The van der Waals surface area contributed by atoms with Crippen molar-refractivity contribution in [2.24, 2.45) is 0 Å². The van der Waals surface area contributed by atoms with E-state index >= 15 is 0 Å². The number of amides is 1. The summed E-state index contributed by atoms with van der Waals surface area (Å²) in [4.78, 5) is 11.8. The van der Waals surface area contributed by atoms with Crippen molar-refractivity contribution in [2.45, 2.75) is 26.7 Å². The second-order valence-electron chi connectivity index (χ2n) is 4.71. The van der Waals surface area contributed by atoms with Crippen molar-refractivity contribution < 1.29 is 9.32 Å². The van der Waals surface area contributed by atoms with E-state index in [2.05, 4.69) is 26.4 Å². The molecule has 0 saturated carbocycles. The first kappa shape index (κ1) is 14.8. The molecule has 0 aliphatic heterocycles. The quantitative estimate of drug-likeness (QED) is 0.913. The maximum Gasteiger partial charge on any atom is 0.224 e. The van der Waals surface area contributed by atoms with E-state index in [0.29, 0.717) is 13.0 Å². The van der Waals surface area contributed by atoms with Gasteiger partial charge in [0.15, 0.2) is 0 Å². The average Bonchev–Trinajstić information content (AvgIpc) is 2.73. The third kappa shape index (κ3) is 3.93. The zero-order valence-corrected chi connectivity index (χ0v) is 13.2. The summed E-state index contributed by atoms with van der Waals surface area (Å²) >= 11 is 3.37. The van der Waals surface area contributed by atoms with Crippen LogP contribution in [0.2, 0.25) is 0 Å². The van der Waals surface area contributed by atoms with Crippen LogP contribution in [-0.4, -0.2) is 17.6 Å². The Morgan fingerprint density at radius 2 is 2.00 bits per heavy atom. The number of benzene rings is 1. The normalized spacial score (nSPS) is 10.6. The number of hydrogen-bond donors (Lipinski definition) is 1. The Morgan fingerprint density at radius 1 is 1.30 bits per heavy atom. The van der Waals surface area contributed by atoms with E-state index in [4.69, 9.17) is 4.52 Å². The van der Waals surface area contributed by atoms with Crippen molar-refractivity contribution in [1.29, 1.82) is 0 Å². The van der Waals surface area contributed by atoms with Gasteiger partial charge in [-0.3, -0.25) is 4.79 Å². The van der Waals surface area contributed by atoms with Crippen LogP contribution in [0.1, 0.15) is 22.6 Å². The molecule has 0 fully saturated rings. The summed E-state index contributed by atoms with van der Waals surface area (Å²) in [5.74, 6) is 0.851. The lowest BCUT2D eigenvalue weighted by Crippen LogP contribution is -2.27. The highest BCUT2D eigenvalue weighted by atomic mass is 79.9. The van der Waals surface area contributed by atoms with E-state index in [1.165, 1.54) is 0 Å². The maximum atomic E-state index is 11.8. The van der Waals surface area contributed by atoms with Gasteiger partial charge in [0.1, 0.15) is 5.76 Å². The number of halogens is 1. The van der Waals surface area contributed by atoms with Crippen molar-refractivity contribution in [3.05, 3.63) is 51.3 Å². The SMILES string of the molecule is Cc1noc(C)c1CCNC(=O)Cc1ccc(Br)cc1. The molecule has 0 aliphatic rings. The zero-order chi connectivity index (χ0) is 14.5. The topological polar surface area (TPSA) is 55.1 Å². The lowest BCUT2D eigenvalue weighted by atomic mass is 10.1. The van der Waals surface area contributed by atoms with Crippen LogP contribution in [-0.2, 0) is 17.6 Å².